The maximum Gasteiger partial charge on any atom is 0.0277 e. The Kier molecular flexibility index (Phi) is 5.67. The molecule has 0 aromatic heterocycles. The zero-order valence-electron chi connectivity index (χ0n) is 13.2. The topological polar surface area (TPSA) is 12.4 Å². The highest BCUT2D eigenvalue weighted by Gasteiger charge is 1.98. The lowest BCUT2D eigenvalue weighted by Crippen LogP contribution is -1.80. The van der Waals surface area contributed by atoms with Gasteiger partial charge in [0.2, 0.25) is 0 Å². The Morgan fingerprint density at radius 3 is 2.45 bits per heavy atom. The molecule has 0 N–H and O–H groups in total. The predicted octanol–water partition coefficient (Wildman–Crippen LogP) is 5.66. The molecule has 0 saturated carbocycles. The van der Waals surface area contributed by atoms with Crippen molar-refractivity contribution in [2.75, 3.05) is 7.05 Å². The van der Waals surface area contributed by atoms with Gasteiger partial charge in [0.1, 0.15) is 0 Å². The maximum absolute atomic E-state index is 3.96. The van der Waals surface area contributed by atoms with Crippen LogP contribution in [0.25, 0.3) is 23.3 Å². The summed E-state index contributed by atoms with van der Waals surface area (Å²) in [6.45, 7) is 5.85. The van der Waals surface area contributed by atoms with Gasteiger partial charge in [-0.1, -0.05) is 67.3 Å². The molecule has 1 heteroatoms. The SMILES string of the molecule is C=Cc1ccc(-c2cccc(/C=C/C(C)=C\C=NC)c2)cc1. The van der Waals surface area contributed by atoms with Crippen LogP contribution >= 0.6 is 0 Å². The van der Waals surface area contributed by atoms with Crippen LogP contribution in [0.3, 0.4) is 0 Å². The summed E-state index contributed by atoms with van der Waals surface area (Å²) in [5.74, 6) is 0. The van der Waals surface area contributed by atoms with Crippen molar-refractivity contribution in [1.82, 2.24) is 0 Å². The molecule has 0 unspecified atom stereocenters. The first-order valence-electron chi connectivity index (χ1n) is 7.33. The third-order valence-corrected chi connectivity index (χ3v) is 3.39. The average molecular weight is 287 g/mol. The Morgan fingerprint density at radius 1 is 1.00 bits per heavy atom. The highest BCUT2D eigenvalue weighted by molar-refractivity contribution is 5.74. The van der Waals surface area contributed by atoms with E-state index in [0.717, 1.165) is 5.56 Å². The highest BCUT2D eigenvalue weighted by Crippen LogP contribution is 2.22. The molecule has 0 fully saturated rings. The van der Waals surface area contributed by atoms with Crippen molar-refractivity contribution in [2.24, 2.45) is 4.99 Å². The number of rotatable bonds is 5. The van der Waals surface area contributed by atoms with Crippen LogP contribution in [0.4, 0.5) is 0 Å². The molecule has 0 heterocycles. The third kappa shape index (κ3) is 4.42. The largest absolute Gasteiger partial charge is 0.297 e. The summed E-state index contributed by atoms with van der Waals surface area (Å²) in [6, 6.07) is 16.9. The van der Waals surface area contributed by atoms with E-state index in [1.165, 1.54) is 22.3 Å². The van der Waals surface area contributed by atoms with Gasteiger partial charge in [0.05, 0.1) is 0 Å². The summed E-state index contributed by atoms with van der Waals surface area (Å²) in [5, 5.41) is 0. The van der Waals surface area contributed by atoms with E-state index < -0.39 is 0 Å². The van der Waals surface area contributed by atoms with Gasteiger partial charge in [0.25, 0.3) is 0 Å². The zero-order valence-corrected chi connectivity index (χ0v) is 13.2. The van der Waals surface area contributed by atoms with E-state index in [4.69, 9.17) is 0 Å². The Bertz CT molecular complexity index is 716. The summed E-state index contributed by atoms with van der Waals surface area (Å²) >= 11 is 0. The van der Waals surface area contributed by atoms with E-state index in [1.54, 1.807) is 13.3 Å². The fraction of sp³-hybridized carbons (Fsp3) is 0.0952. The highest BCUT2D eigenvalue weighted by atomic mass is 14.6. The second kappa shape index (κ2) is 7.94. The minimum absolute atomic E-state index is 1.14. The van der Waals surface area contributed by atoms with Crippen LogP contribution in [0.2, 0.25) is 0 Å². The normalized spacial score (nSPS) is 12.2. The van der Waals surface area contributed by atoms with E-state index in [0.29, 0.717) is 0 Å². The third-order valence-electron chi connectivity index (χ3n) is 3.39. The van der Waals surface area contributed by atoms with Crippen molar-refractivity contribution in [2.45, 2.75) is 6.92 Å². The van der Waals surface area contributed by atoms with Gasteiger partial charge in [-0.15, -0.1) is 0 Å². The maximum atomic E-state index is 3.96. The summed E-state index contributed by atoms with van der Waals surface area (Å²) < 4.78 is 0. The molecule has 22 heavy (non-hydrogen) atoms. The van der Waals surface area contributed by atoms with Crippen LogP contribution in [0.15, 0.2) is 77.8 Å². The molecule has 0 amide bonds. The van der Waals surface area contributed by atoms with E-state index >= 15 is 0 Å². The van der Waals surface area contributed by atoms with Crippen molar-refractivity contribution in [1.29, 1.82) is 0 Å². The Labute approximate surface area is 133 Å². The zero-order chi connectivity index (χ0) is 15.8. The minimum Gasteiger partial charge on any atom is -0.297 e. The second-order valence-corrected chi connectivity index (χ2v) is 5.10. The Morgan fingerprint density at radius 2 is 1.77 bits per heavy atom. The minimum atomic E-state index is 1.14. The van der Waals surface area contributed by atoms with Crippen LogP contribution in [0, 0.1) is 0 Å². The van der Waals surface area contributed by atoms with Gasteiger partial charge < -0.3 is 0 Å². The van der Waals surface area contributed by atoms with Gasteiger partial charge in [-0.05, 0) is 46.9 Å². The second-order valence-electron chi connectivity index (χ2n) is 5.10. The van der Waals surface area contributed by atoms with Gasteiger partial charge in [0.15, 0.2) is 0 Å². The molecular formula is C21H21N. The van der Waals surface area contributed by atoms with Crippen molar-refractivity contribution in [3.8, 4) is 11.1 Å². The summed E-state index contributed by atoms with van der Waals surface area (Å²) in [7, 11) is 1.77. The average Bonchev–Trinajstić information content (AvgIpc) is 2.58. The molecule has 0 aliphatic carbocycles. The van der Waals surface area contributed by atoms with E-state index in [9.17, 15) is 0 Å². The molecule has 0 aliphatic heterocycles. The molecule has 110 valence electrons. The number of hydrogen-bond acceptors (Lipinski definition) is 1. The van der Waals surface area contributed by atoms with E-state index in [-0.39, 0.29) is 0 Å². The monoisotopic (exact) mass is 287 g/mol. The number of benzene rings is 2. The Hall–Kier alpha value is -2.67. The molecule has 2 aromatic carbocycles. The lowest BCUT2D eigenvalue weighted by atomic mass is 10.0. The molecule has 0 saturated heterocycles. The van der Waals surface area contributed by atoms with Crippen molar-refractivity contribution in [3.05, 3.63) is 84.0 Å². The summed E-state index contributed by atoms with van der Waals surface area (Å²) in [5.41, 5.74) is 5.93. The van der Waals surface area contributed by atoms with E-state index in [1.807, 2.05) is 12.2 Å². The standard InChI is InChI=1S/C21H21N/c1-4-18-10-12-20(13-11-18)21-7-5-6-19(16-21)9-8-17(2)14-15-22-3/h4-16H,1H2,2-3H3/b9-8+,17-14-,22-15?. The smallest absolute Gasteiger partial charge is 0.0277 e. The van der Waals surface area contributed by atoms with Crippen LogP contribution in [-0.4, -0.2) is 13.3 Å². The number of hydrogen-bond donors (Lipinski definition) is 0. The predicted molar refractivity (Wildman–Crippen MR) is 99.2 cm³/mol. The number of allylic oxidation sites excluding steroid dienone is 3. The van der Waals surface area contributed by atoms with Crippen LogP contribution < -0.4 is 0 Å². The molecule has 0 spiro atoms. The molecule has 1 nitrogen and oxygen atoms in total. The van der Waals surface area contributed by atoms with Gasteiger partial charge in [0, 0.05) is 13.3 Å². The molecule has 0 radical (unpaired) electrons. The first-order valence-corrected chi connectivity index (χ1v) is 7.33. The van der Waals surface area contributed by atoms with Gasteiger partial charge in [-0.3, -0.25) is 4.99 Å². The first-order chi connectivity index (χ1) is 10.7. The molecule has 2 rings (SSSR count). The molecule has 0 bridgehead atoms. The lowest BCUT2D eigenvalue weighted by molar-refractivity contribution is 1.46. The molecule has 2 aromatic rings. The van der Waals surface area contributed by atoms with E-state index in [2.05, 4.69) is 79.2 Å². The van der Waals surface area contributed by atoms with Crippen LogP contribution in [-0.2, 0) is 0 Å². The van der Waals surface area contributed by atoms with Crippen molar-refractivity contribution >= 4 is 18.4 Å². The van der Waals surface area contributed by atoms with Crippen LogP contribution in [0.1, 0.15) is 18.1 Å². The number of nitrogens with zero attached hydrogens (tertiary/aromatic N) is 1. The summed E-state index contributed by atoms with van der Waals surface area (Å²) in [4.78, 5) is 3.96. The molecule has 0 atom stereocenters. The fourth-order valence-corrected chi connectivity index (χ4v) is 2.11. The fourth-order valence-electron chi connectivity index (χ4n) is 2.11. The molecule has 0 aliphatic rings. The van der Waals surface area contributed by atoms with Gasteiger partial charge in [-0.25, -0.2) is 0 Å². The molecular weight excluding hydrogens is 266 g/mol. The number of aliphatic imine (C=N–C) groups is 1. The first kappa shape index (κ1) is 15.7. The Balaban J connectivity index is 2.22. The summed E-state index contributed by atoms with van der Waals surface area (Å²) in [6.07, 6.45) is 9.88. The van der Waals surface area contributed by atoms with Gasteiger partial charge in [-0.2, -0.15) is 0 Å². The lowest BCUT2D eigenvalue weighted by Gasteiger charge is -2.04. The van der Waals surface area contributed by atoms with Crippen LogP contribution in [0.5, 0.6) is 0 Å². The quantitative estimate of drug-likeness (QED) is 0.497. The van der Waals surface area contributed by atoms with Gasteiger partial charge >= 0.3 is 0 Å². The van der Waals surface area contributed by atoms with Crippen molar-refractivity contribution < 1.29 is 0 Å². The van der Waals surface area contributed by atoms with Crippen molar-refractivity contribution in [3.63, 3.8) is 0 Å².